The van der Waals surface area contributed by atoms with Crippen LogP contribution in [0.1, 0.15) is 25.5 Å². The van der Waals surface area contributed by atoms with E-state index in [1.165, 1.54) is 0 Å². The highest BCUT2D eigenvalue weighted by atomic mass is 32.1. The van der Waals surface area contributed by atoms with E-state index >= 15 is 0 Å². The van der Waals surface area contributed by atoms with Crippen molar-refractivity contribution in [1.29, 1.82) is 0 Å². The van der Waals surface area contributed by atoms with Gasteiger partial charge in [-0.3, -0.25) is 4.40 Å². The van der Waals surface area contributed by atoms with Gasteiger partial charge in [-0.05, 0) is 6.42 Å². The van der Waals surface area contributed by atoms with Crippen molar-refractivity contribution in [1.82, 2.24) is 9.38 Å². The average molecular weight is 253 g/mol. The van der Waals surface area contributed by atoms with Gasteiger partial charge in [0.2, 0.25) is 0 Å². The van der Waals surface area contributed by atoms with Crippen molar-refractivity contribution in [3.8, 4) is 0 Å². The van der Waals surface area contributed by atoms with Crippen LogP contribution in [0.2, 0.25) is 0 Å². The van der Waals surface area contributed by atoms with Gasteiger partial charge in [-0.1, -0.05) is 13.3 Å². The Kier molecular flexibility index (Phi) is 3.81. The van der Waals surface area contributed by atoms with Crippen LogP contribution in [0.15, 0.2) is 17.8 Å². The summed E-state index contributed by atoms with van der Waals surface area (Å²) in [5.74, 6) is 0. The lowest BCUT2D eigenvalue weighted by molar-refractivity contribution is 0.120. The maximum absolute atomic E-state index is 9.58. The molecule has 0 aliphatic carbocycles. The van der Waals surface area contributed by atoms with Crippen LogP contribution < -0.4 is 5.73 Å². The van der Waals surface area contributed by atoms with Crippen LogP contribution >= 0.6 is 11.3 Å². The second kappa shape index (κ2) is 5.16. The molecule has 4 nitrogen and oxygen atoms in total. The molecule has 0 aromatic carbocycles. The molecule has 2 aromatic heterocycles. The third-order valence-corrected chi connectivity index (χ3v) is 4.02. The van der Waals surface area contributed by atoms with Crippen molar-refractivity contribution in [2.24, 2.45) is 11.1 Å². The Morgan fingerprint density at radius 2 is 2.41 bits per heavy atom. The fourth-order valence-corrected chi connectivity index (χ4v) is 2.96. The number of imidazole rings is 1. The summed E-state index contributed by atoms with van der Waals surface area (Å²) in [7, 11) is 0. The smallest absolute Gasteiger partial charge is 0.193 e. The molecule has 0 aliphatic rings. The molecule has 1 atom stereocenters. The van der Waals surface area contributed by atoms with Crippen LogP contribution in [-0.4, -0.2) is 27.6 Å². The molecule has 0 fully saturated rings. The van der Waals surface area contributed by atoms with Crippen molar-refractivity contribution in [2.75, 3.05) is 13.2 Å². The molecule has 0 aliphatic heterocycles. The lowest BCUT2D eigenvalue weighted by Gasteiger charge is -2.29. The summed E-state index contributed by atoms with van der Waals surface area (Å²) in [6.45, 7) is 2.75. The van der Waals surface area contributed by atoms with Gasteiger partial charge in [0.25, 0.3) is 0 Å². The van der Waals surface area contributed by atoms with E-state index < -0.39 is 0 Å². The van der Waals surface area contributed by atoms with Crippen molar-refractivity contribution in [2.45, 2.75) is 26.2 Å². The summed E-state index contributed by atoms with van der Waals surface area (Å²) >= 11 is 1.62. The molecule has 0 spiro atoms. The molecular formula is C12H19N3OS. The number of fused-ring (bicyclic) bond motifs is 1. The van der Waals surface area contributed by atoms with Crippen molar-refractivity contribution in [3.63, 3.8) is 0 Å². The second-order valence-corrected chi connectivity index (χ2v) is 5.49. The molecule has 0 bridgehead atoms. The summed E-state index contributed by atoms with van der Waals surface area (Å²) in [5.41, 5.74) is 6.64. The van der Waals surface area contributed by atoms with Gasteiger partial charge in [0.1, 0.15) is 0 Å². The van der Waals surface area contributed by atoms with E-state index in [9.17, 15) is 5.11 Å². The van der Waals surface area contributed by atoms with Crippen LogP contribution in [0.4, 0.5) is 0 Å². The first kappa shape index (κ1) is 12.5. The molecule has 0 saturated heterocycles. The first-order valence-electron chi connectivity index (χ1n) is 5.95. The number of rotatable bonds is 6. The van der Waals surface area contributed by atoms with Crippen LogP contribution in [0.5, 0.6) is 0 Å². The van der Waals surface area contributed by atoms with Gasteiger partial charge in [0, 0.05) is 36.2 Å². The van der Waals surface area contributed by atoms with Crippen molar-refractivity contribution >= 4 is 16.3 Å². The summed E-state index contributed by atoms with van der Waals surface area (Å²) < 4.78 is 2.02. The molecule has 3 N–H and O–H groups in total. The van der Waals surface area contributed by atoms with E-state index in [0.29, 0.717) is 6.54 Å². The predicted octanol–water partition coefficient (Wildman–Crippen LogP) is 1.68. The average Bonchev–Trinajstić information content (AvgIpc) is 2.88. The zero-order valence-corrected chi connectivity index (χ0v) is 10.9. The Hall–Kier alpha value is -0.910. The van der Waals surface area contributed by atoms with Gasteiger partial charge in [0.05, 0.1) is 12.3 Å². The van der Waals surface area contributed by atoms with Crippen LogP contribution in [0.25, 0.3) is 4.96 Å². The Labute approximate surface area is 105 Å². The van der Waals surface area contributed by atoms with Gasteiger partial charge in [0.15, 0.2) is 4.96 Å². The number of thiazole rings is 1. The predicted molar refractivity (Wildman–Crippen MR) is 70.3 cm³/mol. The van der Waals surface area contributed by atoms with E-state index in [4.69, 9.17) is 5.73 Å². The largest absolute Gasteiger partial charge is 0.396 e. The molecule has 94 valence electrons. The van der Waals surface area contributed by atoms with E-state index in [-0.39, 0.29) is 12.0 Å². The van der Waals surface area contributed by atoms with Gasteiger partial charge >= 0.3 is 0 Å². The molecule has 1 unspecified atom stereocenters. The molecule has 2 rings (SSSR count). The minimum absolute atomic E-state index is 0.127. The molecule has 0 radical (unpaired) electrons. The quantitative estimate of drug-likeness (QED) is 0.823. The zero-order valence-electron chi connectivity index (χ0n) is 10.1. The van der Waals surface area contributed by atoms with E-state index in [1.54, 1.807) is 11.3 Å². The summed E-state index contributed by atoms with van der Waals surface area (Å²) in [4.78, 5) is 5.55. The monoisotopic (exact) mass is 253 g/mol. The molecule has 17 heavy (non-hydrogen) atoms. The lowest BCUT2D eigenvalue weighted by atomic mass is 9.80. The Morgan fingerprint density at radius 3 is 3.00 bits per heavy atom. The van der Waals surface area contributed by atoms with Crippen molar-refractivity contribution in [3.05, 3.63) is 23.5 Å². The SMILES string of the molecule is CCCC(CN)(CO)Cc1cn2ccsc2n1. The molecule has 0 amide bonds. The number of nitrogens with two attached hydrogens (primary N) is 1. The third kappa shape index (κ3) is 2.51. The standard InChI is InChI=1S/C12H19N3OS/c1-2-3-12(8-13,9-16)6-10-7-15-4-5-17-11(15)14-10/h4-5,7,16H,2-3,6,8-9,13H2,1H3. The van der Waals surface area contributed by atoms with Crippen molar-refractivity contribution < 1.29 is 5.11 Å². The first-order valence-corrected chi connectivity index (χ1v) is 6.83. The maximum Gasteiger partial charge on any atom is 0.193 e. The highest BCUT2D eigenvalue weighted by Crippen LogP contribution is 2.27. The van der Waals surface area contributed by atoms with Gasteiger partial charge in [-0.25, -0.2) is 4.98 Å². The second-order valence-electron chi connectivity index (χ2n) is 4.61. The summed E-state index contributed by atoms with van der Waals surface area (Å²) in [6, 6.07) is 0. The summed E-state index contributed by atoms with van der Waals surface area (Å²) in [6.07, 6.45) is 6.74. The summed E-state index contributed by atoms with van der Waals surface area (Å²) in [5, 5.41) is 11.6. The number of hydrogen-bond donors (Lipinski definition) is 2. The Balaban J connectivity index is 2.19. The molecule has 2 heterocycles. The number of hydrogen-bond acceptors (Lipinski definition) is 4. The number of aromatic nitrogens is 2. The van der Waals surface area contributed by atoms with Crippen LogP contribution in [0, 0.1) is 5.41 Å². The van der Waals surface area contributed by atoms with E-state index in [1.807, 2.05) is 22.2 Å². The first-order chi connectivity index (χ1) is 8.23. The fourth-order valence-electron chi connectivity index (χ4n) is 2.24. The lowest BCUT2D eigenvalue weighted by Crippen LogP contribution is -2.36. The zero-order chi connectivity index (χ0) is 12.3. The van der Waals surface area contributed by atoms with Gasteiger partial charge in [-0.15, -0.1) is 11.3 Å². The minimum atomic E-state index is -0.210. The highest BCUT2D eigenvalue weighted by Gasteiger charge is 2.28. The molecule has 0 saturated carbocycles. The number of nitrogens with zero attached hydrogens (tertiary/aromatic N) is 2. The van der Waals surface area contributed by atoms with Crippen LogP contribution in [-0.2, 0) is 6.42 Å². The van der Waals surface area contributed by atoms with Crippen LogP contribution in [0.3, 0.4) is 0 Å². The number of aliphatic hydroxyl groups is 1. The maximum atomic E-state index is 9.58. The van der Waals surface area contributed by atoms with Gasteiger partial charge < -0.3 is 10.8 Å². The normalized spacial score (nSPS) is 15.2. The molecule has 5 heteroatoms. The van der Waals surface area contributed by atoms with Gasteiger partial charge in [-0.2, -0.15) is 0 Å². The Morgan fingerprint density at radius 1 is 1.59 bits per heavy atom. The Bertz CT molecular complexity index is 444. The highest BCUT2D eigenvalue weighted by molar-refractivity contribution is 7.15. The topological polar surface area (TPSA) is 63.5 Å². The number of aliphatic hydroxyl groups excluding tert-OH is 1. The third-order valence-electron chi connectivity index (χ3n) is 3.25. The van der Waals surface area contributed by atoms with E-state index in [0.717, 1.165) is 29.9 Å². The van der Waals surface area contributed by atoms with E-state index in [2.05, 4.69) is 11.9 Å². The molecule has 2 aromatic rings. The molecular weight excluding hydrogens is 234 g/mol. The fraction of sp³-hybridized carbons (Fsp3) is 0.583. The minimum Gasteiger partial charge on any atom is -0.396 e.